The predicted octanol–water partition coefficient (Wildman–Crippen LogP) is 5.03. The van der Waals surface area contributed by atoms with Crippen LogP contribution in [0.2, 0.25) is 0 Å². The number of amides is 2. The quantitative estimate of drug-likeness (QED) is 0.232. The van der Waals surface area contributed by atoms with Crippen LogP contribution in [0.4, 0.5) is 5.69 Å². The highest BCUT2D eigenvalue weighted by molar-refractivity contribution is 7.80. The minimum Gasteiger partial charge on any atom is -0.492 e. The number of thiocarbonyl (C=S) groups is 1. The molecule has 8 heteroatoms. The Morgan fingerprint density at radius 2 is 1.54 bits per heavy atom. The first-order valence-corrected chi connectivity index (χ1v) is 12.6. The van der Waals surface area contributed by atoms with Crippen molar-refractivity contribution in [2.75, 3.05) is 31.1 Å². The summed E-state index contributed by atoms with van der Waals surface area (Å²) >= 11 is 5.33. The molecule has 0 saturated carbocycles. The molecule has 1 fully saturated rings. The maximum Gasteiger partial charge on any atom is 0.270 e. The van der Waals surface area contributed by atoms with Crippen LogP contribution in [0, 0.1) is 0 Å². The molecule has 0 aromatic heterocycles. The zero-order valence-electron chi connectivity index (χ0n) is 20.8. The molecule has 1 saturated heterocycles. The Kier molecular flexibility index (Phi) is 8.66. The van der Waals surface area contributed by atoms with E-state index in [0.717, 1.165) is 19.6 Å². The van der Waals surface area contributed by atoms with Crippen LogP contribution in [0.25, 0.3) is 6.08 Å². The van der Waals surface area contributed by atoms with E-state index in [4.69, 9.17) is 21.7 Å². The Morgan fingerprint density at radius 3 is 2.24 bits per heavy atom. The summed E-state index contributed by atoms with van der Waals surface area (Å²) in [6, 6.07) is 23.7. The third-order valence-electron chi connectivity index (χ3n) is 5.95. The van der Waals surface area contributed by atoms with E-state index in [1.165, 1.54) is 4.90 Å². The fourth-order valence-corrected chi connectivity index (χ4v) is 4.17. The Balaban J connectivity index is 1.54. The summed E-state index contributed by atoms with van der Waals surface area (Å²) in [5.41, 5.74) is 1.13. The van der Waals surface area contributed by atoms with E-state index < -0.39 is 11.8 Å². The molecule has 3 aromatic carbocycles. The molecular formula is C29H29N3O4S. The fourth-order valence-electron chi connectivity index (χ4n) is 3.89. The van der Waals surface area contributed by atoms with Gasteiger partial charge in [0.15, 0.2) is 5.11 Å². The molecule has 4 rings (SSSR count). The Morgan fingerprint density at radius 1 is 0.892 bits per heavy atom. The molecule has 190 valence electrons. The lowest BCUT2D eigenvalue weighted by atomic mass is 10.1. The van der Waals surface area contributed by atoms with Crippen LogP contribution < -0.4 is 19.7 Å². The summed E-state index contributed by atoms with van der Waals surface area (Å²) in [5.74, 6) is 0.859. The Hall–Kier alpha value is -4.01. The van der Waals surface area contributed by atoms with Crippen LogP contribution in [0.1, 0.15) is 19.4 Å². The number of nitrogens with zero attached hydrogens (tertiary/aromatic N) is 2. The highest BCUT2D eigenvalue weighted by Gasteiger charge is 2.34. The van der Waals surface area contributed by atoms with Crippen molar-refractivity contribution in [3.8, 4) is 17.2 Å². The van der Waals surface area contributed by atoms with Crippen LogP contribution in [-0.4, -0.2) is 48.1 Å². The van der Waals surface area contributed by atoms with Gasteiger partial charge in [-0.3, -0.25) is 19.8 Å². The van der Waals surface area contributed by atoms with Crippen LogP contribution in [0.15, 0.2) is 84.4 Å². The van der Waals surface area contributed by atoms with Gasteiger partial charge in [-0.1, -0.05) is 50.2 Å². The lowest BCUT2D eigenvalue weighted by Gasteiger charge is -2.29. The first kappa shape index (κ1) is 26.1. The van der Waals surface area contributed by atoms with Crippen LogP contribution >= 0.6 is 12.2 Å². The second-order valence-corrected chi connectivity index (χ2v) is 8.67. The molecule has 2 amide bonds. The van der Waals surface area contributed by atoms with Crippen molar-refractivity contribution in [3.05, 3.63) is 90.0 Å². The first-order chi connectivity index (χ1) is 18.0. The smallest absolute Gasteiger partial charge is 0.270 e. The molecule has 37 heavy (non-hydrogen) atoms. The Labute approximate surface area is 222 Å². The molecular weight excluding hydrogens is 486 g/mol. The molecule has 0 spiro atoms. The molecule has 0 unspecified atom stereocenters. The van der Waals surface area contributed by atoms with Crippen molar-refractivity contribution in [3.63, 3.8) is 0 Å². The van der Waals surface area contributed by atoms with Gasteiger partial charge in [0.2, 0.25) is 0 Å². The van der Waals surface area contributed by atoms with Gasteiger partial charge >= 0.3 is 0 Å². The van der Waals surface area contributed by atoms with Crippen LogP contribution in [0.5, 0.6) is 17.2 Å². The van der Waals surface area contributed by atoms with E-state index in [9.17, 15) is 9.59 Å². The van der Waals surface area contributed by atoms with E-state index in [2.05, 4.69) is 24.1 Å². The number of carbonyl (C=O) groups excluding carboxylic acids is 2. The molecule has 0 bridgehead atoms. The normalized spacial score (nSPS) is 14.7. The second kappa shape index (κ2) is 12.3. The maximum atomic E-state index is 13.5. The second-order valence-electron chi connectivity index (χ2n) is 8.28. The zero-order valence-corrected chi connectivity index (χ0v) is 21.7. The van der Waals surface area contributed by atoms with Crippen molar-refractivity contribution < 1.29 is 19.1 Å². The minimum absolute atomic E-state index is 0.0210. The standard InChI is InChI=1S/C29H29N3O4S/c1-3-31(4-2)18-19-35-26-13-9-8-10-21(26)20-25-27(33)30-29(37)32(28(25)34)22-14-16-24(17-15-22)36-23-11-6-5-7-12-23/h5-17,20H,3-4,18-19H2,1-2H3,(H,30,33,37)/b25-20+. The maximum absolute atomic E-state index is 13.5. The third kappa shape index (κ3) is 6.41. The van der Waals surface area contributed by atoms with Gasteiger partial charge in [-0.2, -0.15) is 0 Å². The van der Waals surface area contributed by atoms with Gasteiger partial charge in [-0.15, -0.1) is 0 Å². The molecule has 0 radical (unpaired) electrons. The van der Waals surface area contributed by atoms with Crippen molar-refractivity contribution >= 4 is 40.9 Å². The summed E-state index contributed by atoms with van der Waals surface area (Å²) in [4.78, 5) is 29.8. The van der Waals surface area contributed by atoms with E-state index >= 15 is 0 Å². The number of ether oxygens (including phenoxy) is 2. The van der Waals surface area contributed by atoms with Gasteiger partial charge in [-0.05, 0) is 73.8 Å². The summed E-state index contributed by atoms with van der Waals surface area (Å²) in [5, 5.41) is 2.65. The first-order valence-electron chi connectivity index (χ1n) is 12.2. The summed E-state index contributed by atoms with van der Waals surface area (Å²) in [6.45, 7) is 7.37. The molecule has 3 aromatic rings. The van der Waals surface area contributed by atoms with Gasteiger partial charge < -0.3 is 14.4 Å². The van der Waals surface area contributed by atoms with E-state index in [0.29, 0.717) is 35.1 Å². The van der Waals surface area contributed by atoms with Crippen LogP contribution in [0.3, 0.4) is 0 Å². The Bertz CT molecular complexity index is 1290. The summed E-state index contributed by atoms with van der Waals surface area (Å²) < 4.78 is 11.8. The zero-order chi connectivity index (χ0) is 26.2. The van der Waals surface area contributed by atoms with E-state index in [1.807, 2.05) is 54.6 Å². The van der Waals surface area contributed by atoms with Crippen molar-refractivity contribution in [1.82, 2.24) is 10.2 Å². The number of benzene rings is 3. The summed E-state index contributed by atoms with van der Waals surface area (Å²) in [7, 11) is 0. The predicted molar refractivity (Wildman–Crippen MR) is 149 cm³/mol. The van der Waals surface area contributed by atoms with Gasteiger partial charge in [-0.25, -0.2) is 0 Å². The highest BCUT2D eigenvalue weighted by atomic mass is 32.1. The van der Waals surface area contributed by atoms with Gasteiger partial charge in [0.1, 0.15) is 29.4 Å². The number of hydrogen-bond donors (Lipinski definition) is 1. The molecule has 1 aliphatic heterocycles. The topological polar surface area (TPSA) is 71.1 Å². The van der Waals surface area contributed by atoms with Gasteiger partial charge in [0.25, 0.3) is 11.8 Å². The van der Waals surface area contributed by atoms with Gasteiger partial charge in [0, 0.05) is 12.1 Å². The monoisotopic (exact) mass is 515 g/mol. The molecule has 1 heterocycles. The van der Waals surface area contributed by atoms with Gasteiger partial charge in [0.05, 0.1) is 5.69 Å². The number of para-hydroxylation sites is 2. The average molecular weight is 516 g/mol. The lowest BCUT2D eigenvalue weighted by Crippen LogP contribution is -2.54. The number of rotatable bonds is 10. The van der Waals surface area contributed by atoms with Crippen molar-refractivity contribution in [1.29, 1.82) is 0 Å². The van der Waals surface area contributed by atoms with Crippen LogP contribution in [-0.2, 0) is 9.59 Å². The fraction of sp³-hybridized carbons (Fsp3) is 0.207. The van der Waals surface area contributed by atoms with Crippen molar-refractivity contribution in [2.45, 2.75) is 13.8 Å². The number of nitrogens with one attached hydrogen (secondary N) is 1. The number of hydrogen-bond acceptors (Lipinski definition) is 6. The van der Waals surface area contributed by atoms with Crippen molar-refractivity contribution in [2.24, 2.45) is 0 Å². The number of anilines is 1. The number of likely N-dealkylation sites (N-methyl/N-ethyl adjacent to an activating group) is 1. The highest BCUT2D eigenvalue weighted by Crippen LogP contribution is 2.28. The molecule has 1 N–H and O–H groups in total. The lowest BCUT2D eigenvalue weighted by molar-refractivity contribution is -0.122. The number of carbonyl (C=O) groups is 2. The van der Waals surface area contributed by atoms with E-state index in [1.54, 1.807) is 30.3 Å². The largest absolute Gasteiger partial charge is 0.492 e. The molecule has 7 nitrogen and oxygen atoms in total. The molecule has 0 aliphatic carbocycles. The third-order valence-corrected chi connectivity index (χ3v) is 6.24. The molecule has 0 atom stereocenters. The minimum atomic E-state index is -0.548. The summed E-state index contributed by atoms with van der Waals surface area (Å²) in [6.07, 6.45) is 1.55. The van der Waals surface area contributed by atoms with E-state index in [-0.39, 0.29) is 10.7 Å². The SMILES string of the molecule is CCN(CC)CCOc1ccccc1/C=C1\C(=O)NC(=S)N(c2ccc(Oc3ccccc3)cc2)C1=O. The molecule has 1 aliphatic rings. The average Bonchev–Trinajstić information content (AvgIpc) is 2.91.